The van der Waals surface area contributed by atoms with Gasteiger partial charge in [0, 0.05) is 5.02 Å². The molecule has 0 bridgehead atoms. The summed E-state index contributed by atoms with van der Waals surface area (Å²) < 4.78 is 44.1. The number of carbonyl (C=O) groups excluding carboxylic acids is 1. The van der Waals surface area contributed by atoms with Gasteiger partial charge in [-0.25, -0.2) is 4.68 Å². The van der Waals surface area contributed by atoms with Gasteiger partial charge in [-0.2, -0.15) is 13.2 Å². The third kappa shape index (κ3) is 5.77. The van der Waals surface area contributed by atoms with Crippen molar-refractivity contribution in [3.63, 3.8) is 0 Å². The van der Waals surface area contributed by atoms with Gasteiger partial charge in [0.1, 0.15) is 6.42 Å². The molecule has 1 amide bonds. The quantitative estimate of drug-likeness (QED) is 0.421. The molecule has 0 aliphatic heterocycles. The Balaban J connectivity index is 1.57. The highest BCUT2D eigenvalue weighted by atomic mass is 35.5. The zero-order valence-electron chi connectivity index (χ0n) is 13.6. The van der Waals surface area contributed by atoms with Crippen LogP contribution in [0.5, 0.6) is 0 Å². The number of hydrogen-bond acceptors (Lipinski definition) is 8. The number of thioether (sulfide) groups is 1. The number of alkyl halides is 3. The van der Waals surface area contributed by atoms with Gasteiger partial charge in [0.15, 0.2) is 8.29 Å². The van der Waals surface area contributed by atoms with Crippen molar-refractivity contribution < 1.29 is 22.4 Å². The van der Waals surface area contributed by atoms with E-state index in [9.17, 15) is 18.0 Å². The van der Waals surface area contributed by atoms with Crippen LogP contribution in [0.2, 0.25) is 5.02 Å². The monoisotopic (exact) mass is 467 g/mol. The maximum absolute atomic E-state index is 12.3. The number of nitrogens with one attached hydrogen (secondary N) is 1. The Morgan fingerprint density at radius 3 is 2.71 bits per heavy atom. The summed E-state index contributed by atoms with van der Waals surface area (Å²) in [5, 5.41) is 13.7. The first kappa shape index (κ1) is 20.8. The van der Waals surface area contributed by atoms with Crippen LogP contribution in [0, 0.1) is 3.95 Å². The van der Waals surface area contributed by atoms with Gasteiger partial charge in [0.25, 0.3) is 0 Å². The molecule has 0 atom stereocenters. The molecule has 2 aromatic heterocycles. The zero-order valence-corrected chi connectivity index (χ0v) is 16.8. The average molecular weight is 468 g/mol. The second-order valence-electron chi connectivity index (χ2n) is 5.15. The SMILES string of the molecule is O=C(CSc1nn(-c2ccc(Cl)cc2)c(=S)s1)Nc1nnc(CC(F)(F)F)o1. The molecular formula is C14H9ClF3N5O2S3. The van der Waals surface area contributed by atoms with Crippen molar-refractivity contribution in [2.45, 2.75) is 16.9 Å². The van der Waals surface area contributed by atoms with E-state index in [-0.39, 0.29) is 5.75 Å². The highest BCUT2D eigenvalue weighted by Crippen LogP contribution is 2.25. The van der Waals surface area contributed by atoms with Gasteiger partial charge in [-0.3, -0.25) is 10.1 Å². The van der Waals surface area contributed by atoms with Gasteiger partial charge in [-0.15, -0.1) is 10.2 Å². The molecule has 14 heteroatoms. The minimum atomic E-state index is -4.48. The molecule has 0 aliphatic rings. The topological polar surface area (TPSA) is 85.8 Å². The van der Waals surface area contributed by atoms with Crippen molar-refractivity contribution in [2.24, 2.45) is 0 Å². The van der Waals surface area contributed by atoms with Crippen LogP contribution in [0.4, 0.5) is 19.2 Å². The zero-order chi connectivity index (χ0) is 20.3. The molecular weight excluding hydrogens is 459 g/mol. The van der Waals surface area contributed by atoms with Crippen molar-refractivity contribution >= 4 is 58.8 Å². The van der Waals surface area contributed by atoms with Crippen molar-refractivity contribution in [2.75, 3.05) is 11.1 Å². The lowest BCUT2D eigenvalue weighted by molar-refractivity contribution is -0.130. The van der Waals surface area contributed by atoms with Gasteiger partial charge >= 0.3 is 12.2 Å². The number of hydrogen-bond donors (Lipinski definition) is 1. The second-order valence-corrected chi connectivity index (χ2v) is 8.43. The Morgan fingerprint density at radius 2 is 2.04 bits per heavy atom. The van der Waals surface area contributed by atoms with Crippen LogP contribution in [-0.4, -0.2) is 37.8 Å². The Bertz CT molecular complexity index is 1030. The molecule has 1 aromatic carbocycles. The van der Waals surface area contributed by atoms with Crippen molar-refractivity contribution in [1.29, 1.82) is 0 Å². The summed E-state index contributed by atoms with van der Waals surface area (Å²) in [6.45, 7) is 0. The van der Waals surface area contributed by atoms with Crippen LogP contribution in [0.3, 0.4) is 0 Å². The van der Waals surface area contributed by atoms with E-state index in [1.807, 2.05) is 0 Å². The first-order valence-corrected chi connectivity index (χ1v) is 9.96. The summed E-state index contributed by atoms with van der Waals surface area (Å²) in [5.74, 6) is -1.23. The fourth-order valence-corrected chi connectivity index (χ4v) is 4.18. The maximum atomic E-state index is 12.3. The van der Waals surface area contributed by atoms with Crippen LogP contribution >= 0.6 is 46.9 Å². The minimum Gasteiger partial charge on any atom is -0.407 e. The average Bonchev–Trinajstić information content (AvgIpc) is 3.18. The molecule has 148 valence electrons. The standard InChI is InChI=1S/C14H9ClF3N5O2S3/c15-7-1-3-8(4-2-7)23-13(26)28-12(22-23)27-6-9(24)19-11-21-20-10(25-11)5-14(16,17)18/h1-4H,5-6H2,(H,19,21,24). The third-order valence-corrected chi connectivity index (χ3v) is 5.61. The third-order valence-electron chi connectivity index (χ3n) is 2.99. The molecule has 3 rings (SSSR count). The fraction of sp³-hybridized carbons (Fsp3) is 0.214. The van der Waals surface area contributed by atoms with E-state index in [1.54, 1.807) is 24.3 Å². The Labute approximate surface area is 173 Å². The number of carbonyl (C=O) groups is 1. The summed E-state index contributed by atoms with van der Waals surface area (Å²) >= 11 is 13.4. The van der Waals surface area contributed by atoms with Crippen molar-refractivity contribution in [3.05, 3.63) is 39.1 Å². The van der Waals surface area contributed by atoms with E-state index in [4.69, 9.17) is 28.2 Å². The van der Waals surface area contributed by atoms with E-state index in [0.717, 1.165) is 17.4 Å². The molecule has 0 aliphatic carbocycles. The van der Waals surface area contributed by atoms with Crippen LogP contribution in [0.15, 0.2) is 33.0 Å². The molecule has 0 fully saturated rings. The number of rotatable bonds is 6. The minimum absolute atomic E-state index is 0.0696. The van der Waals surface area contributed by atoms with Gasteiger partial charge in [0.05, 0.1) is 11.4 Å². The van der Waals surface area contributed by atoms with Crippen molar-refractivity contribution in [3.8, 4) is 5.69 Å². The van der Waals surface area contributed by atoms with E-state index in [2.05, 4.69) is 20.6 Å². The molecule has 0 radical (unpaired) electrons. The predicted molar refractivity (Wildman–Crippen MR) is 101 cm³/mol. The number of halogens is 4. The van der Waals surface area contributed by atoms with E-state index < -0.39 is 30.4 Å². The number of benzene rings is 1. The molecule has 0 spiro atoms. The second kappa shape index (κ2) is 8.59. The van der Waals surface area contributed by atoms with E-state index in [0.29, 0.717) is 13.3 Å². The number of anilines is 1. The summed E-state index contributed by atoms with van der Waals surface area (Å²) in [6.07, 6.45) is -5.84. The summed E-state index contributed by atoms with van der Waals surface area (Å²) in [6, 6.07) is 6.52. The lowest BCUT2D eigenvalue weighted by atomic mass is 10.3. The summed E-state index contributed by atoms with van der Waals surface area (Å²) in [5.41, 5.74) is 0.727. The number of nitrogens with zero attached hydrogens (tertiary/aromatic N) is 4. The number of aromatic nitrogens is 4. The highest BCUT2D eigenvalue weighted by Gasteiger charge is 2.31. The number of amides is 1. The first-order chi connectivity index (χ1) is 13.2. The molecule has 0 saturated heterocycles. The molecule has 3 aromatic rings. The van der Waals surface area contributed by atoms with E-state index in [1.165, 1.54) is 16.0 Å². The molecule has 2 heterocycles. The normalized spacial score (nSPS) is 11.6. The molecule has 1 N–H and O–H groups in total. The largest absolute Gasteiger partial charge is 0.407 e. The van der Waals surface area contributed by atoms with Crippen LogP contribution in [0.1, 0.15) is 5.89 Å². The predicted octanol–water partition coefficient (Wildman–Crippen LogP) is 4.54. The lowest BCUT2D eigenvalue weighted by Gasteiger charge is -2.01. The summed E-state index contributed by atoms with van der Waals surface area (Å²) in [4.78, 5) is 11.9. The highest BCUT2D eigenvalue weighted by molar-refractivity contribution is 8.01. The van der Waals surface area contributed by atoms with Crippen molar-refractivity contribution in [1.82, 2.24) is 20.0 Å². The van der Waals surface area contributed by atoms with Gasteiger partial charge in [-0.1, -0.05) is 39.8 Å². The fourth-order valence-electron chi connectivity index (χ4n) is 1.89. The molecule has 0 unspecified atom stereocenters. The van der Waals surface area contributed by atoms with Crippen LogP contribution < -0.4 is 5.32 Å². The molecule has 28 heavy (non-hydrogen) atoms. The molecule has 0 saturated carbocycles. The lowest BCUT2D eigenvalue weighted by Crippen LogP contribution is -2.14. The van der Waals surface area contributed by atoms with Crippen LogP contribution in [0.25, 0.3) is 5.69 Å². The summed E-state index contributed by atoms with van der Waals surface area (Å²) in [7, 11) is 0. The molecule has 7 nitrogen and oxygen atoms in total. The Morgan fingerprint density at radius 1 is 1.32 bits per heavy atom. The van der Waals surface area contributed by atoms with E-state index >= 15 is 0 Å². The maximum Gasteiger partial charge on any atom is 0.397 e. The first-order valence-electron chi connectivity index (χ1n) is 7.37. The Kier molecular flexibility index (Phi) is 6.37. The Hall–Kier alpha value is -1.96. The van der Waals surface area contributed by atoms with Gasteiger partial charge in [-0.05, 0) is 36.5 Å². The van der Waals surface area contributed by atoms with Crippen LogP contribution in [-0.2, 0) is 11.2 Å². The van der Waals surface area contributed by atoms with Gasteiger partial charge in [0.2, 0.25) is 11.8 Å². The van der Waals surface area contributed by atoms with Gasteiger partial charge < -0.3 is 4.42 Å². The smallest absolute Gasteiger partial charge is 0.397 e.